The fourth-order valence-electron chi connectivity index (χ4n) is 21.9. The van der Waals surface area contributed by atoms with Gasteiger partial charge in [-0.25, -0.2) is 32.4 Å². The SMILES string of the molecule is CC(C)(C)OC(=O)NC12CC(COc3ccc(C(C)(C)c4cc(Cl)c(OCCCl)c(C#N)c4)cc3)(C1)C2.CC(C)(c1ccc(O)cc1)c1cc(Cl)c(OCCCl)c(C#N)c1.Cc1ccc(S(=O)(=O)OCC23CC(NC(=O)OC(C)(C)C)(C2)C3)cc1.[C-]#[N+]c1cc(C(C)(C)c2ccc(OCC34CC(N)(C3)C4)cc2)cc(Cl)c1OCCCl.[C-]#[N+]c1cc(C(C)(C)c2ccc(OCC34CC(NS(C)(=O)=O)(C3)C4)cc2)cc(Cl)c1OCCCl. The van der Waals surface area contributed by atoms with Gasteiger partial charge < -0.3 is 64.1 Å². The molecule has 12 aliphatic rings. The van der Waals surface area contributed by atoms with Gasteiger partial charge in [0.15, 0.2) is 11.5 Å². The summed E-state index contributed by atoms with van der Waals surface area (Å²) in [6.07, 6.45) is 11.1. The van der Waals surface area contributed by atoms with E-state index >= 15 is 0 Å². The highest BCUT2D eigenvalue weighted by Crippen LogP contribution is 2.70. The van der Waals surface area contributed by atoms with Gasteiger partial charge in [-0.3, -0.25) is 4.18 Å². The molecule has 149 heavy (non-hydrogen) atoms. The van der Waals surface area contributed by atoms with Crippen LogP contribution in [-0.2, 0) is 55.5 Å². The molecule has 21 rings (SSSR count). The largest absolute Gasteiger partial charge is 0.508 e. The van der Waals surface area contributed by atoms with Crippen molar-refractivity contribution >= 4 is 137 Å². The summed E-state index contributed by atoms with van der Waals surface area (Å²) in [7, 11) is -6.92. The second-order valence-electron chi connectivity index (χ2n) is 45.3. The van der Waals surface area contributed by atoms with Crippen molar-refractivity contribution in [2.45, 2.75) is 241 Å². The van der Waals surface area contributed by atoms with Crippen LogP contribution >= 0.6 is 92.8 Å². The molecule has 25 nitrogen and oxygen atoms in total. The molecule has 0 unspecified atom stereocenters. The first-order valence-electron chi connectivity index (χ1n) is 49.2. The van der Waals surface area contributed by atoms with Crippen LogP contribution < -0.4 is 54.2 Å². The van der Waals surface area contributed by atoms with Crippen molar-refractivity contribution in [1.29, 1.82) is 10.5 Å². The van der Waals surface area contributed by atoms with Crippen LogP contribution in [0.25, 0.3) is 9.69 Å². The van der Waals surface area contributed by atoms with Crippen molar-refractivity contribution < 1.29 is 78.3 Å². The van der Waals surface area contributed by atoms with E-state index in [4.69, 9.17) is 159 Å². The Morgan fingerprint density at radius 2 is 0.685 bits per heavy atom. The molecule has 0 radical (unpaired) electrons. The molecular weight excluding hydrogens is 2100 g/mol. The van der Waals surface area contributed by atoms with Gasteiger partial charge in [0.25, 0.3) is 10.1 Å². The molecule has 9 aromatic rings. The van der Waals surface area contributed by atoms with Gasteiger partial charge in [-0.05, 0) is 279 Å². The van der Waals surface area contributed by atoms with Gasteiger partial charge >= 0.3 is 12.2 Å². The van der Waals surface area contributed by atoms with Crippen LogP contribution in [-0.4, -0.2) is 150 Å². The second kappa shape index (κ2) is 45.3. The van der Waals surface area contributed by atoms with E-state index in [0.29, 0.717) is 114 Å². The van der Waals surface area contributed by atoms with Crippen molar-refractivity contribution in [3.8, 4) is 58.1 Å². The number of nitrogens with one attached hydrogen (secondary N) is 3. The van der Waals surface area contributed by atoms with Crippen molar-refractivity contribution in [2.24, 2.45) is 27.4 Å². The Morgan fingerprint density at radius 1 is 0.403 bits per heavy atom. The Bertz CT molecular complexity index is 6760. The van der Waals surface area contributed by atoms with E-state index in [1.54, 1.807) is 48.5 Å². The number of phenols is 1. The zero-order valence-electron chi connectivity index (χ0n) is 86.8. The van der Waals surface area contributed by atoms with E-state index in [1.165, 1.54) is 6.26 Å². The second-order valence-corrected chi connectivity index (χ2v) is 51.9. The number of aryl methyl sites for hydroxylation is 1. The third-order valence-corrected chi connectivity index (χ3v) is 32.9. The fraction of sp³-hybridized carbons (Fsp3) is 0.474. The number of nitrogens with two attached hydrogens (primary N) is 1. The van der Waals surface area contributed by atoms with Crippen LogP contribution in [0, 0.1) is 64.4 Å². The fourth-order valence-corrected chi connectivity index (χ4v) is 25.3. The third kappa shape index (κ3) is 27.4. The van der Waals surface area contributed by atoms with E-state index in [0.717, 1.165) is 151 Å². The van der Waals surface area contributed by atoms with Crippen LogP contribution in [0.3, 0.4) is 0 Å². The van der Waals surface area contributed by atoms with Crippen LogP contribution in [0.2, 0.25) is 20.1 Å². The molecule has 12 fully saturated rings. The molecule has 0 aliphatic heterocycles. The standard InChI is InChI=1S/C29H34Cl2N2O4.C25H28Cl2N2O4S.C24H26Cl2N2O2.C18H17Cl2NO2.C18H25NO5S/c1-26(2,3)37-25(34)33-29-15-28(16-29,17-29)18-36-22-8-6-20(7-9-22)27(4,5)21-12-19(14-32)24(23(31)13-21)35-11-10-30;1-23(2,18-11-20(27)22(32-10-9-26)21(12-18)28-3)17-5-7-19(8-6-17)33-16-24-13-25(14-24,15-24)29-34(4,30)31;1-22(2,17-10-19(26)21(29-9-8-25)20(11-17)28-3)16-4-6-18(7-5-16)30-15-23-12-24(27,13-23)14-23;1-18(2,13-3-5-15(22)6-4-13)14-9-12(11-21)17(16(20)10-14)23-8-7-19;1-13-5-7-14(8-6-13)25(21,22)23-12-17-9-18(10-17,11-17)19-15(20)24-16(2,3)4/h6-9,12-13H,10-11,15-18H2,1-5H3,(H,33,34);5-8,11-12,29H,9-10,13-16H2,1-2,4H3;4-7,10-11H,8-9,12-15,27H2,1-2H3;3-6,9-10,22H,7-8H2,1-2H3;5-8H,9-12H2,1-4H3,(H,19,20). The van der Waals surface area contributed by atoms with Crippen molar-refractivity contribution in [3.63, 3.8) is 0 Å². The lowest BCUT2D eigenvalue weighted by Gasteiger charge is -2.70. The van der Waals surface area contributed by atoms with Gasteiger partial charge in [-0.1, -0.05) is 168 Å². The minimum Gasteiger partial charge on any atom is -0.508 e. The predicted molar refractivity (Wildman–Crippen MR) is 586 cm³/mol. The summed E-state index contributed by atoms with van der Waals surface area (Å²) < 4.78 is 107. The lowest BCUT2D eigenvalue weighted by Crippen LogP contribution is -2.76. The van der Waals surface area contributed by atoms with Crippen LogP contribution in [0.15, 0.2) is 175 Å². The molecule has 0 saturated heterocycles. The number of halogens is 8. The smallest absolute Gasteiger partial charge is 0.408 e. The highest BCUT2D eigenvalue weighted by Gasteiger charge is 2.71. The highest BCUT2D eigenvalue weighted by molar-refractivity contribution is 7.88. The number of phenolic OH excluding ortho intramolecular Hbond substituents is 1. The topological polar surface area (TPSA) is 333 Å². The Kier molecular flexibility index (Phi) is 35.3. The number of sulfonamides is 1. The number of hydrogen-bond donors (Lipinski definition) is 5. The van der Waals surface area contributed by atoms with E-state index in [2.05, 4.69) is 90.9 Å². The summed E-state index contributed by atoms with van der Waals surface area (Å²) in [5, 5.41) is 36.0. The van der Waals surface area contributed by atoms with Gasteiger partial charge in [-0.15, -0.1) is 46.4 Å². The van der Waals surface area contributed by atoms with Crippen molar-refractivity contribution in [1.82, 2.24) is 15.4 Å². The average molecular weight is 2230 g/mol. The summed E-state index contributed by atoms with van der Waals surface area (Å²) in [6.45, 7) is 47.9. The van der Waals surface area contributed by atoms with Crippen molar-refractivity contribution in [2.75, 3.05) is 82.6 Å². The number of rotatable bonds is 37. The number of ether oxygens (including phenoxy) is 9. The first-order chi connectivity index (χ1) is 69.7. The minimum atomic E-state index is -3.74. The number of carbonyl (C=O) groups excluding carboxylic acids is 2. The lowest BCUT2D eigenvalue weighted by atomic mass is 9.39. The number of alkyl carbamates (subject to hydrolysis) is 2. The number of carbonyl (C=O) groups is 2. The van der Waals surface area contributed by atoms with E-state index in [-0.39, 0.29) is 92.4 Å². The normalized spacial score (nSPS) is 22.2. The zero-order chi connectivity index (χ0) is 109. The number of aromatic hydroxyl groups is 1. The predicted octanol–water partition coefficient (Wildman–Crippen LogP) is 26.8. The molecule has 0 aromatic heterocycles. The Balaban J connectivity index is 0.000000157. The van der Waals surface area contributed by atoms with E-state index in [1.807, 2.05) is 172 Å². The molecule has 12 aliphatic carbocycles. The number of nitrogens with zero attached hydrogens (tertiary/aromatic N) is 4. The van der Waals surface area contributed by atoms with Crippen molar-refractivity contribution in [3.05, 3.63) is 274 Å². The Hall–Kier alpha value is -10.0. The first kappa shape index (κ1) is 116. The molecule has 796 valence electrons. The summed E-state index contributed by atoms with van der Waals surface area (Å²) in [6, 6.07) is 56.7. The molecule has 35 heteroatoms. The Labute approximate surface area is 916 Å². The van der Waals surface area contributed by atoms with Crippen LogP contribution in [0.4, 0.5) is 21.0 Å². The molecule has 9 aromatic carbocycles. The van der Waals surface area contributed by atoms with Gasteiger partial charge in [0.05, 0.1) is 119 Å². The monoisotopic (exact) mass is 2230 g/mol. The summed E-state index contributed by atoms with van der Waals surface area (Å²) in [4.78, 5) is 31.3. The number of alkyl halides is 4. The number of benzene rings is 9. The third-order valence-electron chi connectivity index (χ3n) is 29.1. The summed E-state index contributed by atoms with van der Waals surface area (Å²) in [5.74, 6) is 5.43. The molecular formula is C114H130Cl8N8O17S2. The summed E-state index contributed by atoms with van der Waals surface area (Å²) >= 11 is 48.4. The average Bonchev–Trinajstić information content (AvgIpc) is 0.687. The van der Waals surface area contributed by atoms with Crippen LogP contribution in [0.1, 0.15) is 235 Å². The molecule has 12 saturated carbocycles. The summed E-state index contributed by atoms with van der Waals surface area (Å²) in [5.41, 5.74) is 13.9. The van der Waals surface area contributed by atoms with Gasteiger partial charge in [0.1, 0.15) is 71.1 Å². The van der Waals surface area contributed by atoms with Gasteiger partial charge in [-0.2, -0.15) is 18.9 Å². The van der Waals surface area contributed by atoms with Gasteiger partial charge in [0.2, 0.25) is 21.4 Å². The molecule has 0 heterocycles. The quantitative estimate of drug-likeness (QED) is 0.0137. The highest BCUT2D eigenvalue weighted by atomic mass is 35.5. The van der Waals surface area contributed by atoms with E-state index in [9.17, 15) is 42.1 Å². The number of amides is 2. The van der Waals surface area contributed by atoms with Gasteiger partial charge in [0, 0.05) is 65.5 Å². The maximum atomic E-state index is 12.2. The molecule has 0 atom stereocenters. The molecule has 2 amide bonds. The minimum absolute atomic E-state index is 0.0792. The Morgan fingerprint density at radius 3 is 0.973 bits per heavy atom. The zero-order valence-corrected chi connectivity index (χ0v) is 94.5. The first-order valence-corrected chi connectivity index (χ1v) is 56.1. The maximum absolute atomic E-state index is 12.2. The molecule has 0 spiro atoms. The number of hydrogen-bond acceptors (Lipinski definition) is 20. The van der Waals surface area contributed by atoms with Crippen LogP contribution in [0.5, 0.6) is 46.0 Å². The maximum Gasteiger partial charge on any atom is 0.408 e. The molecule has 6 N–H and O–H groups in total. The number of nitriles is 2. The molecule has 8 bridgehead atoms. The van der Waals surface area contributed by atoms with E-state index < -0.39 is 48.3 Å². The lowest BCUT2D eigenvalue weighted by molar-refractivity contribution is -0.170.